The lowest BCUT2D eigenvalue weighted by Crippen LogP contribution is -2.12. The van der Waals surface area contributed by atoms with Gasteiger partial charge in [0.1, 0.15) is 0 Å². The molecule has 0 aliphatic rings. The predicted molar refractivity (Wildman–Crippen MR) is 100 cm³/mol. The van der Waals surface area contributed by atoms with E-state index >= 15 is 0 Å². The maximum absolute atomic E-state index is 12.4. The molecule has 0 aliphatic heterocycles. The lowest BCUT2D eigenvalue weighted by Gasteiger charge is -2.07. The van der Waals surface area contributed by atoms with Gasteiger partial charge in [-0.2, -0.15) is 0 Å². The van der Waals surface area contributed by atoms with Crippen LogP contribution in [-0.4, -0.2) is 32.6 Å². The van der Waals surface area contributed by atoms with Gasteiger partial charge in [-0.1, -0.05) is 36.4 Å². The molecule has 0 aliphatic carbocycles. The highest BCUT2D eigenvalue weighted by molar-refractivity contribution is 6.04. The zero-order valence-electron chi connectivity index (χ0n) is 14.7. The van der Waals surface area contributed by atoms with Gasteiger partial charge in [0.15, 0.2) is 0 Å². The third kappa shape index (κ3) is 4.55. The summed E-state index contributed by atoms with van der Waals surface area (Å²) in [7, 11) is 0. The Bertz CT molecular complexity index is 854. The summed E-state index contributed by atoms with van der Waals surface area (Å²) < 4.78 is 1.72. The number of nitrogens with one attached hydrogen (secondary N) is 1. The van der Waals surface area contributed by atoms with Crippen molar-refractivity contribution in [2.45, 2.75) is 26.3 Å². The Balaban J connectivity index is 1.61. The van der Waals surface area contributed by atoms with Gasteiger partial charge in [-0.3, -0.25) is 4.79 Å². The van der Waals surface area contributed by atoms with Gasteiger partial charge in [-0.05, 0) is 41.8 Å². The van der Waals surface area contributed by atoms with Gasteiger partial charge in [0, 0.05) is 30.5 Å². The number of amides is 1. The Hall–Kier alpha value is -2.99. The SMILES string of the molecule is CCc1ccc(NC(=O)c2ccc(Cn3cc(CCO)nn3)cc2)cc1. The molecule has 0 spiro atoms. The maximum Gasteiger partial charge on any atom is 0.255 e. The van der Waals surface area contributed by atoms with Crippen LogP contribution >= 0.6 is 0 Å². The summed E-state index contributed by atoms with van der Waals surface area (Å²) in [5.74, 6) is -0.133. The van der Waals surface area contributed by atoms with Crippen LogP contribution in [-0.2, 0) is 19.4 Å². The summed E-state index contributed by atoms with van der Waals surface area (Å²) in [6.45, 7) is 2.73. The van der Waals surface area contributed by atoms with E-state index in [0.29, 0.717) is 18.5 Å². The molecular formula is C20H22N4O2. The Morgan fingerprint density at radius 1 is 1.08 bits per heavy atom. The van der Waals surface area contributed by atoms with E-state index in [1.165, 1.54) is 5.56 Å². The molecule has 0 bridgehead atoms. The lowest BCUT2D eigenvalue weighted by atomic mass is 10.1. The summed E-state index contributed by atoms with van der Waals surface area (Å²) in [6, 6.07) is 15.3. The van der Waals surface area contributed by atoms with Crippen LogP contribution in [0.15, 0.2) is 54.7 Å². The molecule has 0 saturated heterocycles. The number of rotatable bonds is 7. The Morgan fingerprint density at radius 3 is 2.42 bits per heavy atom. The quantitative estimate of drug-likeness (QED) is 0.686. The molecule has 1 heterocycles. The van der Waals surface area contributed by atoms with Crippen LogP contribution in [0.2, 0.25) is 0 Å². The van der Waals surface area contributed by atoms with Crippen molar-refractivity contribution in [2.24, 2.45) is 0 Å². The first-order valence-corrected chi connectivity index (χ1v) is 8.67. The van der Waals surface area contributed by atoms with Crippen LogP contribution in [0.5, 0.6) is 0 Å². The van der Waals surface area contributed by atoms with Crippen molar-refractivity contribution in [3.8, 4) is 0 Å². The summed E-state index contributed by atoms with van der Waals surface area (Å²) >= 11 is 0. The number of aliphatic hydroxyl groups excluding tert-OH is 1. The zero-order chi connectivity index (χ0) is 18.4. The van der Waals surface area contributed by atoms with E-state index in [9.17, 15) is 4.79 Å². The largest absolute Gasteiger partial charge is 0.396 e. The lowest BCUT2D eigenvalue weighted by molar-refractivity contribution is 0.102. The minimum atomic E-state index is -0.133. The van der Waals surface area contributed by atoms with Crippen LogP contribution in [0.4, 0.5) is 5.69 Å². The van der Waals surface area contributed by atoms with Gasteiger partial charge in [0.25, 0.3) is 5.91 Å². The molecule has 26 heavy (non-hydrogen) atoms. The normalized spacial score (nSPS) is 10.7. The number of carbonyl (C=O) groups is 1. The zero-order valence-corrected chi connectivity index (χ0v) is 14.7. The van der Waals surface area contributed by atoms with Gasteiger partial charge in [-0.15, -0.1) is 5.10 Å². The number of aromatic nitrogens is 3. The molecule has 2 aromatic carbocycles. The van der Waals surface area contributed by atoms with E-state index in [1.807, 2.05) is 42.6 Å². The second-order valence-corrected chi connectivity index (χ2v) is 6.08. The highest BCUT2D eigenvalue weighted by Crippen LogP contribution is 2.13. The van der Waals surface area contributed by atoms with Gasteiger partial charge in [0.2, 0.25) is 0 Å². The third-order valence-corrected chi connectivity index (χ3v) is 4.13. The summed E-state index contributed by atoms with van der Waals surface area (Å²) in [4.78, 5) is 12.4. The van der Waals surface area contributed by atoms with Gasteiger partial charge >= 0.3 is 0 Å². The number of hydrogen-bond acceptors (Lipinski definition) is 4. The molecule has 2 N–H and O–H groups in total. The number of aliphatic hydroxyl groups is 1. The minimum Gasteiger partial charge on any atom is -0.396 e. The Morgan fingerprint density at radius 2 is 1.77 bits per heavy atom. The van der Waals surface area contributed by atoms with Crippen molar-refractivity contribution >= 4 is 11.6 Å². The highest BCUT2D eigenvalue weighted by Gasteiger charge is 2.07. The average molecular weight is 350 g/mol. The smallest absolute Gasteiger partial charge is 0.255 e. The van der Waals surface area contributed by atoms with Gasteiger partial charge in [0.05, 0.1) is 12.2 Å². The first-order chi connectivity index (χ1) is 12.7. The van der Waals surface area contributed by atoms with Crippen molar-refractivity contribution in [3.63, 3.8) is 0 Å². The van der Waals surface area contributed by atoms with Gasteiger partial charge in [-0.25, -0.2) is 4.68 Å². The summed E-state index contributed by atoms with van der Waals surface area (Å²) in [5.41, 5.74) is 4.41. The molecule has 3 rings (SSSR count). The molecule has 6 nitrogen and oxygen atoms in total. The Labute approximate surface area is 152 Å². The van der Waals surface area contributed by atoms with Crippen LogP contribution in [0.1, 0.15) is 34.1 Å². The minimum absolute atomic E-state index is 0.0592. The molecule has 134 valence electrons. The van der Waals surface area contributed by atoms with E-state index in [-0.39, 0.29) is 12.5 Å². The molecule has 6 heteroatoms. The molecular weight excluding hydrogens is 328 g/mol. The summed E-state index contributed by atoms with van der Waals surface area (Å²) in [5, 5.41) is 19.9. The third-order valence-electron chi connectivity index (χ3n) is 4.13. The molecule has 0 unspecified atom stereocenters. The van der Waals surface area contributed by atoms with Crippen LogP contribution in [0.25, 0.3) is 0 Å². The van der Waals surface area contributed by atoms with E-state index in [1.54, 1.807) is 16.8 Å². The van der Waals surface area contributed by atoms with Crippen molar-refractivity contribution < 1.29 is 9.90 Å². The molecule has 1 amide bonds. The molecule has 0 fully saturated rings. The fraction of sp³-hybridized carbons (Fsp3) is 0.250. The maximum atomic E-state index is 12.4. The number of aryl methyl sites for hydroxylation is 1. The fourth-order valence-electron chi connectivity index (χ4n) is 2.62. The average Bonchev–Trinajstić information content (AvgIpc) is 3.10. The predicted octanol–water partition coefficient (Wildman–Crippen LogP) is 2.68. The molecule has 3 aromatic rings. The van der Waals surface area contributed by atoms with Crippen LogP contribution in [0.3, 0.4) is 0 Å². The number of anilines is 1. The molecule has 0 radical (unpaired) electrons. The topological polar surface area (TPSA) is 80.0 Å². The summed E-state index contributed by atoms with van der Waals surface area (Å²) in [6.07, 6.45) is 3.29. The van der Waals surface area contributed by atoms with Crippen molar-refractivity contribution in [1.82, 2.24) is 15.0 Å². The van der Waals surface area contributed by atoms with Crippen LogP contribution < -0.4 is 5.32 Å². The monoisotopic (exact) mass is 350 g/mol. The van der Waals surface area contributed by atoms with E-state index in [4.69, 9.17) is 5.11 Å². The van der Waals surface area contributed by atoms with E-state index < -0.39 is 0 Å². The van der Waals surface area contributed by atoms with Crippen LogP contribution in [0, 0.1) is 0 Å². The number of hydrogen-bond donors (Lipinski definition) is 2. The first kappa shape index (κ1) is 17.8. The van der Waals surface area contributed by atoms with E-state index in [0.717, 1.165) is 23.4 Å². The number of carbonyl (C=O) groups excluding carboxylic acids is 1. The standard InChI is InChI=1S/C20H22N4O2/c1-2-15-5-9-18(10-6-15)21-20(26)17-7-3-16(4-8-17)13-24-14-19(11-12-25)22-23-24/h3-10,14,25H,2,11-13H2,1H3,(H,21,26). The van der Waals surface area contributed by atoms with Gasteiger partial charge < -0.3 is 10.4 Å². The van der Waals surface area contributed by atoms with E-state index in [2.05, 4.69) is 22.6 Å². The molecule has 0 atom stereocenters. The second-order valence-electron chi connectivity index (χ2n) is 6.08. The van der Waals surface area contributed by atoms with Crippen molar-refractivity contribution in [3.05, 3.63) is 77.1 Å². The van der Waals surface area contributed by atoms with Crippen molar-refractivity contribution in [1.29, 1.82) is 0 Å². The fourth-order valence-corrected chi connectivity index (χ4v) is 2.62. The Kier molecular flexibility index (Phi) is 5.76. The number of nitrogens with zero attached hydrogens (tertiary/aromatic N) is 3. The second kappa shape index (κ2) is 8.40. The van der Waals surface area contributed by atoms with Crippen molar-refractivity contribution in [2.75, 3.05) is 11.9 Å². The molecule has 1 aromatic heterocycles. The highest BCUT2D eigenvalue weighted by atomic mass is 16.3. The first-order valence-electron chi connectivity index (χ1n) is 8.67. The number of benzene rings is 2. The molecule has 0 saturated carbocycles.